The summed E-state index contributed by atoms with van der Waals surface area (Å²) in [5.41, 5.74) is 0. The molecule has 1 aliphatic rings. The summed E-state index contributed by atoms with van der Waals surface area (Å²) in [5, 5.41) is 5.82. The van der Waals surface area contributed by atoms with E-state index in [4.69, 9.17) is 0 Å². The third kappa shape index (κ3) is 5.43. The van der Waals surface area contributed by atoms with E-state index in [0.717, 1.165) is 32.1 Å². The molecule has 1 unspecified atom stereocenters. The largest absolute Gasteiger partial charge is 0.353 e. The molecule has 7 heteroatoms. The van der Waals surface area contributed by atoms with E-state index in [1.54, 1.807) is 0 Å². The van der Waals surface area contributed by atoms with Gasteiger partial charge in [-0.15, -0.1) is 0 Å². The minimum absolute atomic E-state index is 0.0463. The summed E-state index contributed by atoms with van der Waals surface area (Å²) in [6.45, 7) is 1.43. The Labute approximate surface area is 96.2 Å². The number of carbonyl (C=O) groups is 1. The zero-order valence-corrected chi connectivity index (χ0v) is 10.3. The lowest BCUT2D eigenvalue weighted by molar-refractivity contribution is -0.123. The topological polar surface area (TPSA) is 87.3 Å². The number of piperidine rings is 1. The normalized spacial score (nSPS) is 21.7. The van der Waals surface area contributed by atoms with Crippen molar-refractivity contribution in [1.29, 1.82) is 0 Å². The fourth-order valence-electron chi connectivity index (χ4n) is 1.62. The summed E-state index contributed by atoms with van der Waals surface area (Å²) >= 11 is 0. The molecule has 0 aromatic heterocycles. The molecule has 0 radical (unpaired) electrons. The van der Waals surface area contributed by atoms with Gasteiger partial charge in [-0.1, -0.05) is 6.42 Å². The zero-order chi connectivity index (χ0) is 12.0. The quantitative estimate of drug-likeness (QED) is 0.534. The van der Waals surface area contributed by atoms with Gasteiger partial charge in [0.25, 0.3) is 0 Å². The van der Waals surface area contributed by atoms with E-state index < -0.39 is 10.0 Å². The Kier molecular flexibility index (Phi) is 5.17. The average Bonchev–Trinajstić information content (AvgIpc) is 2.24. The molecule has 1 fully saturated rings. The molecule has 0 aromatic rings. The fourth-order valence-corrected chi connectivity index (χ4v) is 2.09. The van der Waals surface area contributed by atoms with Gasteiger partial charge in [-0.3, -0.25) is 4.79 Å². The molecule has 0 aromatic carbocycles. The van der Waals surface area contributed by atoms with Crippen LogP contribution in [0.4, 0.5) is 0 Å². The standard InChI is InChI=1S/C9H19N3O3S/c1-16(14,15)12-7-6-11-9(13)8-4-2-3-5-10-8/h8,10,12H,2-7H2,1H3,(H,11,13). The number of hydrogen-bond donors (Lipinski definition) is 3. The van der Waals surface area contributed by atoms with Gasteiger partial charge in [0.2, 0.25) is 15.9 Å². The zero-order valence-electron chi connectivity index (χ0n) is 9.45. The van der Waals surface area contributed by atoms with Crippen LogP contribution in [-0.4, -0.2) is 46.3 Å². The second-order valence-corrected chi connectivity index (χ2v) is 5.79. The van der Waals surface area contributed by atoms with Crippen molar-refractivity contribution in [2.75, 3.05) is 25.9 Å². The third-order valence-electron chi connectivity index (χ3n) is 2.42. The van der Waals surface area contributed by atoms with Crippen LogP contribution in [0.5, 0.6) is 0 Å². The number of nitrogens with one attached hydrogen (secondary N) is 3. The molecule has 16 heavy (non-hydrogen) atoms. The number of sulfonamides is 1. The molecule has 1 aliphatic heterocycles. The maximum atomic E-state index is 11.6. The van der Waals surface area contributed by atoms with E-state index in [2.05, 4.69) is 15.4 Å². The number of hydrogen-bond acceptors (Lipinski definition) is 4. The molecule has 1 saturated heterocycles. The van der Waals surface area contributed by atoms with Gasteiger partial charge < -0.3 is 10.6 Å². The molecule has 3 N–H and O–H groups in total. The van der Waals surface area contributed by atoms with Gasteiger partial charge in [-0.25, -0.2) is 13.1 Å². The van der Waals surface area contributed by atoms with Gasteiger partial charge in [0, 0.05) is 13.1 Å². The molecule has 1 atom stereocenters. The highest BCUT2D eigenvalue weighted by Gasteiger charge is 2.19. The minimum Gasteiger partial charge on any atom is -0.353 e. The lowest BCUT2D eigenvalue weighted by Crippen LogP contribution is -2.48. The number of carbonyl (C=O) groups excluding carboxylic acids is 1. The van der Waals surface area contributed by atoms with Crippen LogP contribution in [-0.2, 0) is 14.8 Å². The summed E-state index contributed by atoms with van der Waals surface area (Å²) < 4.78 is 23.8. The molecule has 1 heterocycles. The molecule has 0 saturated carbocycles. The van der Waals surface area contributed by atoms with Crippen LogP contribution in [0.15, 0.2) is 0 Å². The first kappa shape index (κ1) is 13.4. The van der Waals surface area contributed by atoms with E-state index in [9.17, 15) is 13.2 Å². The van der Waals surface area contributed by atoms with Crippen molar-refractivity contribution >= 4 is 15.9 Å². The van der Waals surface area contributed by atoms with Crippen LogP contribution in [0, 0.1) is 0 Å². The molecule has 1 rings (SSSR count). The fraction of sp³-hybridized carbons (Fsp3) is 0.889. The Morgan fingerprint density at radius 2 is 2.12 bits per heavy atom. The average molecular weight is 249 g/mol. The van der Waals surface area contributed by atoms with Gasteiger partial charge in [0.1, 0.15) is 0 Å². The predicted octanol–water partition coefficient (Wildman–Crippen LogP) is -1.21. The van der Waals surface area contributed by atoms with Crippen molar-refractivity contribution in [2.24, 2.45) is 0 Å². The first-order valence-corrected chi connectivity index (χ1v) is 7.34. The van der Waals surface area contributed by atoms with E-state index in [-0.39, 0.29) is 18.5 Å². The van der Waals surface area contributed by atoms with E-state index in [1.165, 1.54) is 0 Å². The molecule has 1 amide bonds. The Hall–Kier alpha value is -0.660. The highest BCUT2D eigenvalue weighted by Crippen LogP contribution is 2.06. The van der Waals surface area contributed by atoms with Crippen LogP contribution in [0.25, 0.3) is 0 Å². The van der Waals surface area contributed by atoms with Gasteiger partial charge >= 0.3 is 0 Å². The van der Waals surface area contributed by atoms with Crippen molar-refractivity contribution < 1.29 is 13.2 Å². The van der Waals surface area contributed by atoms with Crippen LogP contribution in [0.1, 0.15) is 19.3 Å². The van der Waals surface area contributed by atoms with Crippen LogP contribution in [0.3, 0.4) is 0 Å². The van der Waals surface area contributed by atoms with Gasteiger partial charge in [-0.2, -0.15) is 0 Å². The van der Waals surface area contributed by atoms with Crippen molar-refractivity contribution in [3.05, 3.63) is 0 Å². The summed E-state index contributed by atoms with van der Waals surface area (Å²) in [6, 6.07) is -0.119. The van der Waals surface area contributed by atoms with Crippen molar-refractivity contribution in [3.63, 3.8) is 0 Å². The predicted molar refractivity (Wildman–Crippen MR) is 61.5 cm³/mol. The molecule has 94 valence electrons. The Balaban J connectivity index is 2.14. The SMILES string of the molecule is CS(=O)(=O)NCCNC(=O)C1CCCCN1. The van der Waals surface area contributed by atoms with E-state index in [0.29, 0.717) is 6.54 Å². The highest BCUT2D eigenvalue weighted by molar-refractivity contribution is 7.88. The maximum absolute atomic E-state index is 11.6. The van der Waals surface area contributed by atoms with Crippen molar-refractivity contribution in [2.45, 2.75) is 25.3 Å². The molecule has 0 bridgehead atoms. The lowest BCUT2D eigenvalue weighted by atomic mass is 10.0. The number of rotatable bonds is 5. The van der Waals surface area contributed by atoms with Gasteiger partial charge in [0.05, 0.1) is 12.3 Å². The van der Waals surface area contributed by atoms with Gasteiger partial charge in [0.15, 0.2) is 0 Å². The van der Waals surface area contributed by atoms with Gasteiger partial charge in [-0.05, 0) is 19.4 Å². The Bertz CT molecular complexity index is 323. The Morgan fingerprint density at radius 1 is 1.38 bits per heavy atom. The molecule has 6 nitrogen and oxygen atoms in total. The highest BCUT2D eigenvalue weighted by atomic mass is 32.2. The second kappa shape index (κ2) is 6.17. The van der Waals surface area contributed by atoms with Crippen molar-refractivity contribution in [3.8, 4) is 0 Å². The summed E-state index contributed by atoms with van der Waals surface area (Å²) in [7, 11) is -3.16. The summed E-state index contributed by atoms with van der Waals surface area (Å²) in [5.74, 6) is -0.0463. The van der Waals surface area contributed by atoms with Crippen molar-refractivity contribution in [1.82, 2.24) is 15.4 Å². The Morgan fingerprint density at radius 3 is 2.69 bits per heavy atom. The molecular weight excluding hydrogens is 230 g/mol. The number of amides is 1. The molecular formula is C9H19N3O3S. The third-order valence-corrected chi connectivity index (χ3v) is 3.14. The second-order valence-electron chi connectivity index (χ2n) is 3.96. The lowest BCUT2D eigenvalue weighted by Gasteiger charge is -2.22. The van der Waals surface area contributed by atoms with E-state index >= 15 is 0 Å². The smallest absolute Gasteiger partial charge is 0.237 e. The summed E-state index contributed by atoms with van der Waals surface area (Å²) in [4.78, 5) is 11.6. The maximum Gasteiger partial charge on any atom is 0.237 e. The molecule has 0 spiro atoms. The minimum atomic E-state index is -3.16. The monoisotopic (exact) mass is 249 g/mol. The van der Waals surface area contributed by atoms with Crippen LogP contribution < -0.4 is 15.4 Å². The first-order chi connectivity index (χ1) is 7.49. The molecule has 0 aliphatic carbocycles. The van der Waals surface area contributed by atoms with E-state index in [1.807, 2.05) is 0 Å². The first-order valence-electron chi connectivity index (χ1n) is 5.45. The van der Waals surface area contributed by atoms with Crippen LogP contribution >= 0.6 is 0 Å². The summed E-state index contributed by atoms with van der Waals surface area (Å²) in [6.07, 6.45) is 4.12. The van der Waals surface area contributed by atoms with Crippen LogP contribution in [0.2, 0.25) is 0 Å².